The van der Waals surface area contributed by atoms with Crippen molar-refractivity contribution in [2.45, 2.75) is 19.3 Å². The number of hydrogen-bond acceptors (Lipinski definition) is 2. The highest BCUT2D eigenvalue weighted by Gasteiger charge is 2.20. The molecule has 0 atom stereocenters. The van der Waals surface area contributed by atoms with E-state index >= 15 is 0 Å². The van der Waals surface area contributed by atoms with Crippen LogP contribution in [0.2, 0.25) is 0 Å². The number of hydrogen-bond donors (Lipinski definition) is 2. The van der Waals surface area contributed by atoms with Crippen LogP contribution in [0, 0.1) is 17.6 Å². The van der Waals surface area contributed by atoms with E-state index in [0.29, 0.717) is 18.5 Å². The Morgan fingerprint density at radius 1 is 1.21 bits per heavy atom. The quantitative estimate of drug-likeness (QED) is 0.871. The van der Waals surface area contributed by atoms with Crippen LogP contribution in [-0.2, 0) is 11.2 Å². The van der Waals surface area contributed by atoms with E-state index in [4.69, 9.17) is 0 Å². The average Bonchev–Trinajstić information content (AvgIpc) is 2.38. The first-order valence-corrected chi connectivity index (χ1v) is 6.58. The van der Waals surface area contributed by atoms with Gasteiger partial charge in [-0.2, -0.15) is 0 Å². The number of rotatable bonds is 4. The molecule has 1 fully saturated rings. The second-order valence-corrected chi connectivity index (χ2v) is 4.84. The van der Waals surface area contributed by atoms with Crippen molar-refractivity contribution in [2.24, 2.45) is 5.92 Å². The monoisotopic (exact) mass is 268 g/mol. The lowest BCUT2D eigenvalue weighted by Crippen LogP contribution is -2.38. The first kappa shape index (κ1) is 13.9. The molecule has 1 saturated heterocycles. The maximum absolute atomic E-state index is 13.0. The number of benzene rings is 1. The molecule has 5 heteroatoms. The number of amides is 1. The molecule has 1 aromatic carbocycles. The maximum atomic E-state index is 13.0. The summed E-state index contributed by atoms with van der Waals surface area (Å²) >= 11 is 0. The second kappa shape index (κ2) is 6.61. The predicted molar refractivity (Wildman–Crippen MR) is 68.7 cm³/mol. The summed E-state index contributed by atoms with van der Waals surface area (Å²) in [6.07, 6.45) is 2.13. The van der Waals surface area contributed by atoms with Gasteiger partial charge in [0.25, 0.3) is 0 Å². The Balaban J connectivity index is 1.77. The smallest absolute Gasteiger partial charge is 0.223 e. The zero-order chi connectivity index (χ0) is 13.7. The van der Waals surface area contributed by atoms with Crippen molar-refractivity contribution in [1.82, 2.24) is 10.6 Å². The molecule has 1 amide bonds. The molecule has 19 heavy (non-hydrogen) atoms. The zero-order valence-electron chi connectivity index (χ0n) is 10.7. The van der Waals surface area contributed by atoms with Gasteiger partial charge >= 0.3 is 0 Å². The molecule has 1 heterocycles. The van der Waals surface area contributed by atoms with Crippen molar-refractivity contribution in [2.75, 3.05) is 19.6 Å². The van der Waals surface area contributed by atoms with Crippen molar-refractivity contribution in [3.63, 3.8) is 0 Å². The Morgan fingerprint density at radius 3 is 2.47 bits per heavy atom. The molecule has 3 nitrogen and oxygen atoms in total. The molecule has 0 aliphatic carbocycles. The molecule has 0 bridgehead atoms. The number of carbonyl (C=O) groups excluding carboxylic acids is 1. The molecule has 1 aliphatic rings. The first-order chi connectivity index (χ1) is 9.15. The van der Waals surface area contributed by atoms with Crippen LogP contribution in [0.5, 0.6) is 0 Å². The van der Waals surface area contributed by atoms with Crippen molar-refractivity contribution in [3.8, 4) is 0 Å². The van der Waals surface area contributed by atoms with Gasteiger partial charge in [0.15, 0.2) is 0 Å². The average molecular weight is 268 g/mol. The predicted octanol–water partition coefficient (Wildman–Crippen LogP) is 1.62. The molecule has 1 aromatic rings. The van der Waals surface area contributed by atoms with Gasteiger partial charge in [0, 0.05) is 18.5 Å². The van der Waals surface area contributed by atoms with Crippen molar-refractivity contribution in [3.05, 3.63) is 35.4 Å². The third kappa shape index (κ3) is 4.28. The van der Waals surface area contributed by atoms with Gasteiger partial charge in [0.2, 0.25) is 5.91 Å². The van der Waals surface area contributed by atoms with E-state index in [1.54, 1.807) is 0 Å². The summed E-state index contributed by atoms with van der Waals surface area (Å²) < 4.78 is 25.9. The van der Waals surface area contributed by atoms with Crippen LogP contribution in [0.15, 0.2) is 18.2 Å². The van der Waals surface area contributed by atoms with Gasteiger partial charge in [-0.25, -0.2) is 8.78 Å². The third-order valence-electron chi connectivity index (χ3n) is 3.35. The Morgan fingerprint density at radius 2 is 1.84 bits per heavy atom. The lowest BCUT2D eigenvalue weighted by atomic mass is 9.97. The fraction of sp³-hybridized carbons (Fsp3) is 0.500. The molecule has 2 rings (SSSR count). The highest BCUT2D eigenvalue weighted by molar-refractivity contribution is 5.78. The Labute approximate surface area is 111 Å². The van der Waals surface area contributed by atoms with Crippen LogP contribution in [0.1, 0.15) is 18.4 Å². The number of nitrogens with one attached hydrogen (secondary N) is 2. The molecule has 0 unspecified atom stereocenters. The molecule has 1 aliphatic heterocycles. The molecular weight excluding hydrogens is 250 g/mol. The SMILES string of the molecule is O=C(NCCc1cc(F)cc(F)c1)C1CCNCC1. The van der Waals surface area contributed by atoms with Crippen LogP contribution in [0.4, 0.5) is 8.78 Å². The summed E-state index contributed by atoms with van der Waals surface area (Å²) in [7, 11) is 0. The van der Waals surface area contributed by atoms with Gasteiger partial charge in [0.05, 0.1) is 0 Å². The first-order valence-electron chi connectivity index (χ1n) is 6.58. The van der Waals surface area contributed by atoms with E-state index in [2.05, 4.69) is 10.6 Å². The van der Waals surface area contributed by atoms with Gasteiger partial charge in [-0.05, 0) is 50.0 Å². The minimum atomic E-state index is -0.584. The standard InChI is InChI=1S/C14H18F2N2O/c15-12-7-10(8-13(16)9-12)1-6-18-14(19)11-2-4-17-5-3-11/h7-9,11,17H,1-6H2,(H,18,19). The van der Waals surface area contributed by atoms with E-state index in [9.17, 15) is 13.6 Å². The van der Waals surface area contributed by atoms with Gasteiger partial charge in [-0.1, -0.05) is 0 Å². The van der Waals surface area contributed by atoms with E-state index in [1.807, 2.05) is 0 Å². The fourth-order valence-electron chi connectivity index (χ4n) is 2.31. The molecule has 0 saturated carbocycles. The number of piperidine rings is 1. The summed E-state index contributed by atoms with van der Waals surface area (Å²) in [6.45, 7) is 2.14. The van der Waals surface area contributed by atoms with Crippen molar-refractivity contribution in [1.29, 1.82) is 0 Å². The van der Waals surface area contributed by atoms with Crippen LogP contribution < -0.4 is 10.6 Å². The minimum Gasteiger partial charge on any atom is -0.356 e. The molecule has 104 valence electrons. The summed E-state index contributed by atoms with van der Waals surface area (Å²) in [4.78, 5) is 11.8. The van der Waals surface area contributed by atoms with Crippen molar-refractivity contribution < 1.29 is 13.6 Å². The summed E-state index contributed by atoms with van der Waals surface area (Å²) in [5, 5.41) is 6.03. The Kier molecular flexibility index (Phi) is 4.85. The van der Waals surface area contributed by atoms with Gasteiger partial charge in [0.1, 0.15) is 11.6 Å². The molecule has 0 aromatic heterocycles. The Hall–Kier alpha value is -1.49. The van der Waals surface area contributed by atoms with Gasteiger partial charge in [-0.3, -0.25) is 4.79 Å². The van der Waals surface area contributed by atoms with Crippen LogP contribution in [-0.4, -0.2) is 25.5 Å². The topological polar surface area (TPSA) is 41.1 Å². The third-order valence-corrected chi connectivity index (χ3v) is 3.35. The van der Waals surface area contributed by atoms with Crippen LogP contribution in [0.25, 0.3) is 0 Å². The van der Waals surface area contributed by atoms with Crippen molar-refractivity contribution >= 4 is 5.91 Å². The van der Waals surface area contributed by atoms with Gasteiger partial charge < -0.3 is 10.6 Å². The lowest BCUT2D eigenvalue weighted by Gasteiger charge is -2.21. The van der Waals surface area contributed by atoms with E-state index in [-0.39, 0.29) is 11.8 Å². The number of carbonyl (C=O) groups is 1. The van der Waals surface area contributed by atoms with E-state index in [0.717, 1.165) is 32.0 Å². The minimum absolute atomic E-state index is 0.0402. The summed E-state index contributed by atoms with van der Waals surface area (Å²) in [5.74, 6) is -1.07. The Bertz CT molecular complexity index is 425. The molecular formula is C14H18F2N2O. The summed E-state index contributed by atoms with van der Waals surface area (Å²) in [5.41, 5.74) is 0.558. The lowest BCUT2D eigenvalue weighted by molar-refractivity contribution is -0.125. The van der Waals surface area contributed by atoms with Gasteiger partial charge in [-0.15, -0.1) is 0 Å². The molecule has 0 spiro atoms. The van der Waals surface area contributed by atoms with Crippen LogP contribution in [0.3, 0.4) is 0 Å². The highest BCUT2D eigenvalue weighted by Crippen LogP contribution is 2.12. The highest BCUT2D eigenvalue weighted by atomic mass is 19.1. The van der Waals surface area contributed by atoms with E-state index in [1.165, 1.54) is 12.1 Å². The maximum Gasteiger partial charge on any atom is 0.223 e. The number of halogens is 2. The normalized spacial score (nSPS) is 16.3. The zero-order valence-corrected chi connectivity index (χ0v) is 10.7. The van der Waals surface area contributed by atoms with Crippen LogP contribution >= 0.6 is 0 Å². The molecule has 0 radical (unpaired) electrons. The largest absolute Gasteiger partial charge is 0.356 e. The molecule has 2 N–H and O–H groups in total. The second-order valence-electron chi connectivity index (χ2n) is 4.84. The van der Waals surface area contributed by atoms with E-state index < -0.39 is 11.6 Å². The fourth-order valence-corrected chi connectivity index (χ4v) is 2.31. The summed E-state index contributed by atoms with van der Waals surface area (Å²) in [6, 6.07) is 3.43.